The Labute approximate surface area is 163 Å². The molecule has 5 rings (SSSR count). The van der Waals surface area contributed by atoms with Gasteiger partial charge in [-0.1, -0.05) is 18.2 Å². The van der Waals surface area contributed by atoms with E-state index in [1.54, 1.807) is 6.26 Å². The standard InChI is InChI=1S/C23H23NO4/c25-17-3-5-19(21(26)12-17)20-14-28-22-6-2-16-11-15(1-4-18(16)23(20)22)13-24-7-9-27-10-8-24/h1-2,4,6,11,14,19H,3,5,7-10,12-13H2. The van der Waals surface area contributed by atoms with E-state index in [1.165, 1.54) is 5.56 Å². The second-order valence-electron chi connectivity index (χ2n) is 7.85. The summed E-state index contributed by atoms with van der Waals surface area (Å²) in [6.45, 7) is 4.44. The normalized spacial score (nSPS) is 21.6. The number of rotatable bonds is 3. The van der Waals surface area contributed by atoms with Gasteiger partial charge in [0.15, 0.2) is 0 Å². The van der Waals surface area contributed by atoms with E-state index in [4.69, 9.17) is 9.15 Å². The summed E-state index contributed by atoms with van der Waals surface area (Å²) in [6.07, 6.45) is 2.81. The van der Waals surface area contributed by atoms with Crippen LogP contribution in [0.1, 0.15) is 36.3 Å². The Kier molecular flexibility index (Phi) is 4.49. The van der Waals surface area contributed by atoms with Gasteiger partial charge < -0.3 is 9.15 Å². The van der Waals surface area contributed by atoms with Crippen LogP contribution >= 0.6 is 0 Å². The molecule has 1 atom stereocenters. The fourth-order valence-corrected chi connectivity index (χ4v) is 4.51. The van der Waals surface area contributed by atoms with Gasteiger partial charge in [-0.05, 0) is 34.9 Å². The molecule has 1 aromatic heterocycles. The molecule has 3 aromatic rings. The first-order valence-corrected chi connectivity index (χ1v) is 9.96. The Morgan fingerprint density at radius 2 is 1.93 bits per heavy atom. The molecule has 0 N–H and O–H groups in total. The smallest absolute Gasteiger partial charge is 0.147 e. The highest BCUT2D eigenvalue weighted by Gasteiger charge is 2.31. The van der Waals surface area contributed by atoms with E-state index >= 15 is 0 Å². The van der Waals surface area contributed by atoms with Crippen molar-refractivity contribution in [2.75, 3.05) is 26.3 Å². The molecular weight excluding hydrogens is 354 g/mol. The Morgan fingerprint density at radius 1 is 1.07 bits per heavy atom. The summed E-state index contributed by atoms with van der Waals surface area (Å²) < 4.78 is 11.2. The Hall–Kier alpha value is -2.50. The summed E-state index contributed by atoms with van der Waals surface area (Å²) >= 11 is 0. The number of carbonyl (C=O) groups excluding carboxylic acids is 2. The summed E-state index contributed by atoms with van der Waals surface area (Å²) in [4.78, 5) is 26.5. The molecule has 2 fully saturated rings. The van der Waals surface area contributed by atoms with Crippen LogP contribution in [0.5, 0.6) is 0 Å². The third-order valence-corrected chi connectivity index (χ3v) is 6.00. The molecule has 0 spiro atoms. The predicted molar refractivity (Wildman–Crippen MR) is 106 cm³/mol. The Bertz CT molecular complexity index is 1060. The first-order chi connectivity index (χ1) is 13.7. The van der Waals surface area contributed by atoms with Crippen molar-refractivity contribution in [1.29, 1.82) is 0 Å². The first-order valence-electron chi connectivity index (χ1n) is 9.96. The highest BCUT2D eigenvalue weighted by atomic mass is 16.5. The highest BCUT2D eigenvalue weighted by Crippen LogP contribution is 2.38. The second kappa shape index (κ2) is 7.15. The molecule has 5 nitrogen and oxygen atoms in total. The monoisotopic (exact) mass is 377 g/mol. The van der Waals surface area contributed by atoms with E-state index in [2.05, 4.69) is 29.2 Å². The number of hydrogen-bond donors (Lipinski definition) is 0. The van der Waals surface area contributed by atoms with Gasteiger partial charge in [-0.15, -0.1) is 0 Å². The molecule has 2 heterocycles. The first kappa shape index (κ1) is 17.6. The van der Waals surface area contributed by atoms with E-state index in [9.17, 15) is 9.59 Å². The zero-order chi connectivity index (χ0) is 19.1. The van der Waals surface area contributed by atoms with Crippen LogP contribution in [0, 0.1) is 0 Å². The maximum atomic E-state index is 12.5. The number of hydrogen-bond acceptors (Lipinski definition) is 5. The van der Waals surface area contributed by atoms with Crippen molar-refractivity contribution in [3.05, 3.63) is 47.7 Å². The summed E-state index contributed by atoms with van der Waals surface area (Å²) in [5.41, 5.74) is 3.00. The molecular formula is C23H23NO4. The number of ketones is 2. The maximum absolute atomic E-state index is 12.5. The average molecular weight is 377 g/mol. The quantitative estimate of drug-likeness (QED) is 0.650. The summed E-state index contributed by atoms with van der Waals surface area (Å²) in [5.74, 6) is -0.177. The lowest BCUT2D eigenvalue weighted by atomic mass is 9.81. The third kappa shape index (κ3) is 3.15. The fraction of sp³-hybridized carbons (Fsp3) is 0.391. The number of carbonyl (C=O) groups is 2. The average Bonchev–Trinajstić information content (AvgIpc) is 3.13. The molecule has 28 heavy (non-hydrogen) atoms. The van der Waals surface area contributed by atoms with Gasteiger partial charge in [0.2, 0.25) is 0 Å². The molecule has 1 saturated heterocycles. The molecule has 0 amide bonds. The lowest BCUT2D eigenvalue weighted by Crippen LogP contribution is -2.35. The highest BCUT2D eigenvalue weighted by molar-refractivity contribution is 6.11. The van der Waals surface area contributed by atoms with Crippen molar-refractivity contribution in [2.24, 2.45) is 0 Å². The molecule has 2 aromatic carbocycles. The van der Waals surface area contributed by atoms with Gasteiger partial charge >= 0.3 is 0 Å². The van der Waals surface area contributed by atoms with Crippen molar-refractivity contribution in [3.8, 4) is 0 Å². The van der Waals surface area contributed by atoms with Crippen LogP contribution in [0.15, 0.2) is 41.0 Å². The molecule has 2 aliphatic rings. The SMILES string of the molecule is O=C1CCC(c2coc3ccc4cc(CN5CCOCC5)ccc4c23)C(=O)C1. The van der Waals surface area contributed by atoms with Gasteiger partial charge in [-0.3, -0.25) is 14.5 Å². The van der Waals surface area contributed by atoms with Crippen LogP contribution in [0.25, 0.3) is 21.7 Å². The maximum Gasteiger partial charge on any atom is 0.147 e. The molecule has 1 aliphatic carbocycles. The summed E-state index contributed by atoms with van der Waals surface area (Å²) in [6, 6.07) is 10.6. The molecule has 5 heteroatoms. The minimum atomic E-state index is -0.238. The molecule has 0 radical (unpaired) electrons. The van der Waals surface area contributed by atoms with Crippen LogP contribution in [0.2, 0.25) is 0 Å². The van der Waals surface area contributed by atoms with E-state index in [0.29, 0.717) is 12.8 Å². The van der Waals surface area contributed by atoms with Crippen LogP contribution in [-0.4, -0.2) is 42.8 Å². The number of Topliss-reactive ketones (excluding diaryl/α,β-unsaturated/α-hetero) is 2. The number of morpholine rings is 1. The lowest BCUT2D eigenvalue weighted by Gasteiger charge is -2.26. The largest absolute Gasteiger partial charge is 0.464 e. The van der Waals surface area contributed by atoms with Gasteiger partial charge in [-0.25, -0.2) is 0 Å². The second-order valence-corrected chi connectivity index (χ2v) is 7.85. The zero-order valence-electron chi connectivity index (χ0n) is 15.8. The van der Waals surface area contributed by atoms with Gasteiger partial charge in [0.1, 0.15) is 17.1 Å². The minimum absolute atomic E-state index is 0.0138. The Morgan fingerprint density at radius 3 is 2.75 bits per heavy atom. The van der Waals surface area contributed by atoms with Gasteiger partial charge in [0, 0.05) is 42.9 Å². The number of ether oxygens (including phenoxy) is 1. The number of furan rings is 1. The summed E-state index contributed by atoms with van der Waals surface area (Å²) in [7, 11) is 0. The summed E-state index contributed by atoms with van der Waals surface area (Å²) in [5, 5.41) is 3.28. The van der Waals surface area contributed by atoms with Crippen molar-refractivity contribution in [1.82, 2.24) is 4.90 Å². The van der Waals surface area contributed by atoms with Crippen LogP contribution < -0.4 is 0 Å². The number of benzene rings is 2. The predicted octanol–water partition coefficient (Wildman–Crippen LogP) is 3.82. The molecule has 1 aliphatic heterocycles. The number of nitrogens with zero attached hydrogens (tertiary/aromatic N) is 1. The van der Waals surface area contributed by atoms with E-state index in [-0.39, 0.29) is 23.9 Å². The van der Waals surface area contributed by atoms with Crippen LogP contribution in [-0.2, 0) is 20.9 Å². The van der Waals surface area contributed by atoms with Crippen molar-refractivity contribution in [3.63, 3.8) is 0 Å². The van der Waals surface area contributed by atoms with Gasteiger partial charge in [-0.2, -0.15) is 0 Å². The van der Waals surface area contributed by atoms with Crippen LogP contribution in [0.4, 0.5) is 0 Å². The molecule has 144 valence electrons. The third-order valence-electron chi connectivity index (χ3n) is 6.00. The molecule has 0 bridgehead atoms. The fourth-order valence-electron chi connectivity index (χ4n) is 4.51. The minimum Gasteiger partial charge on any atom is -0.464 e. The topological polar surface area (TPSA) is 59.8 Å². The number of fused-ring (bicyclic) bond motifs is 3. The van der Waals surface area contributed by atoms with Gasteiger partial charge in [0.05, 0.1) is 25.9 Å². The van der Waals surface area contributed by atoms with Crippen LogP contribution in [0.3, 0.4) is 0 Å². The van der Waals surface area contributed by atoms with Crippen molar-refractivity contribution >= 4 is 33.3 Å². The van der Waals surface area contributed by atoms with Gasteiger partial charge in [0.25, 0.3) is 0 Å². The lowest BCUT2D eigenvalue weighted by molar-refractivity contribution is -0.130. The van der Waals surface area contributed by atoms with E-state index in [0.717, 1.165) is 60.2 Å². The van der Waals surface area contributed by atoms with E-state index < -0.39 is 0 Å². The molecule has 1 saturated carbocycles. The Balaban J connectivity index is 1.53. The van der Waals surface area contributed by atoms with Crippen molar-refractivity contribution < 1.29 is 18.7 Å². The van der Waals surface area contributed by atoms with Crippen molar-refractivity contribution in [2.45, 2.75) is 31.7 Å². The molecule has 1 unspecified atom stereocenters. The zero-order valence-corrected chi connectivity index (χ0v) is 15.8. The van der Waals surface area contributed by atoms with E-state index in [1.807, 2.05) is 6.07 Å².